The fraction of sp³-hybridized carbons (Fsp3) is 0.217. The molecule has 164 valence electrons. The van der Waals surface area contributed by atoms with Crippen molar-refractivity contribution < 1.29 is 4.79 Å². The number of nitrogen functional groups attached to an aromatic ring is 1. The SMILES string of the molecule is Cc1cnc(NCCc2ccccc2)c(=O)n1CC(=O)NCc1ccc2c(N)n[nH]c2c1. The highest BCUT2D eigenvalue weighted by Crippen LogP contribution is 2.18. The number of nitrogens with zero attached hydrogens (tertiary/aromatic N) is 3. The Hall–Kier alpha value is -4.14. The van der Waals surface area contributed by atoms with E-state index in [1.165, 1.54) is 10.1 Å². The summed E-state index contributed by atoms with van der Waals surface area (Å²) < 4.78 is 1.42. The van der Waals surface area contributed by atoms with Crippen LogP contribution in [-0.2, 0) is 24.3 Å². The molecule has 0 aliphatic heterocycles. The average molecular weight is 432 g/mol. The van der Waals surface area contributed by atoms with E-state index in [1.807, 2.05) is 48.5 Å². The lowest BCUT2D eigenvalue weighted by molar-refractivity contribution is -0.121. The van der Waals surface area contributed by atoms with Gasteiger partial charge in [0.1, 0.15) is 6.54 Å². The maximum Gasteiger partial charge on any atom is 0.293 e. The molecule has 0 aliphatic rings. The predicted molar refractivity (Wildman–Crippen MR) is 124 cm³/mol. The lowest BCUT2D eigenvalue weighted by Gasteiger charge is -2.13. The summed E-state index contributed by atoms with van der Waals surface area (Å²) in [7, 11) is 0. The van der Waals surface area contributed by atoms with Crippen molar-refractivity contribution in [1.82, 2.24) is 25.1 Å². The van der Waals surface area contributed by atoms with Crippen molar-refractivity contribution in [2.24, 2.45) is 0 Å². The standard InChI is InChI=1S/C23H25N7O2/c1-15-12-27-22(25-10-9-16-5-3-2-4-6-16)23(32)30(15)14-20(31)26-13-17-7-8-18-19(11-17)28-29-21(18)24/h2-8,11-12H,9-10,13-14H2,1H3,(H,25,27)(H,26,31)(H3,24,28,29). The monoisotopic (exact) mass is 431 g/mol. The number of aryl methyl sites for hydroxylation is 1. The molecular weight excluding hydrogens is 406 g/mol. The van der Waals surface area contributed by atoms with Gasteiger partial charge in [-0.15, -0.1) is 0 Å². The summed E-state index contributed by atoms with van der Waals surface area (Å²) in [5.41, 5.74) is 8.96. The zero-order valence-corrected chi connectivity index (χ0v) is 17.8. The molecule has 0 unspecified atom stereocenters. The van der Waals surface area contributed by atoms with Crippen molar-refractivity contribution in [2.45, 2.75) is 26.4 Å². The van der Waals surface area contributed by atoms with Crippen molar-refractivity contribution in [3.8, 4) is 0 Å². The normalized spacial score (nSPS) is 10.9. The minimum atomic E-state index is -0.317. The van der Waals surface area contributed by atoms with Crippen molar-refractivity contribution in [3.05, 3.63) is 81.9 Å². The summed E-state index contributed by atoms with van der Waals surface area (Å²) in [6, 6.07) is 15.6. The van der Waals surface area contributed by atoms with Crippen LogP contribution < -0.4 is 21.9 Å². The molecule has 0 saturated carbocycles. The fourth-order valence-corrected chi connectivity index (χ4v) is 3.46. The van der Waals surface area contributed by atoms with Gasteiger partial charge in [0.25, 0.3) is 5.56 Å². The molecule has 32 heavy (non-hydrogen) atoms. The molecule has 4 rings (SSSR count). The van der Waals surface area contributed by atoms with Crippen LogP contribution in [0.4, 0.5) is 11.6 Å². The van der Waals surface area contributed by atoms with E-state index >= 15 is 0 Å². The number of nitrogens with one attached hydrogen (secondary N) is 3. The highest BCUT2D eigenvalue weighted by atomic mass is 16.2. The topological polar surface area (TPSA) is 131 Å². The van der Waals surface area contributed by atoms with Crippen LogP contribution in [0.1, 0.15) is 16.8 Å². The molecule has 2 aromatic heterocycles. The quantitative estimate of drug-likeness (QED) is 0.337. The maximum atomic E-state index is 12.8. The molecule has 0 radical (unpaired) electrons. The largest absolute Gasteiger partial charge is 0.382 e. The van der Waals surface area contributed by atoms with Gasteiger partial charge in [0.15, 0.2) is 11.6 Å². The van der Waals surface area contributed by atoms with E-state index in [9.17, 15) is 9.59 Å². The minimum absolute atomic E-state index is 0.0835. The number of nitrogens with two attached hydrogens (primary N) is 1. The summed E-state index contributed by atoms with van der Waals surface area (Å²) in [6.45, 7) is 2.57. The molecular formula is C23H25N7O2. The number of hydrogen-bond donors (Lipinski definition) is 4. The molecule has 5 N–H and O–H groups in total. The first-order valence-corrected chi connectivity index (χ1v) is 10.3. The number of rotatable bonds is 8. The first kappa shape index (κ1) is 21.1. The second kappa shape index (κ2) is 9.34. The number of anilines is 2. The Morgan fingerprint density at radius 3 is 2.78 bits per heavy atom. The molecule has 1 amide bonds. The van der Waals surface area contributed by atoms with Gasteiger partial charge in [-0.2, -0.15) is 5.10 Å². The third-order valence-electron chi connectivity index (χ3n) is 5.25. The molecule has 9 heteroatoms. The van der Waals surface area contributed by atoms with E-state index in [2.05, 4.69) is 25.8 Å². The molecule has 0 saturated heterocycles. The number of amides is 1. The van der Waals surface area contributed by atoms with Crippen LogP contribution in [0.15, 0.2) is 59.5 Å². The van der Waals surface area contributed by atoms with Crippen LogP contribution >= 0.6 is 0 Å². The lowest BCUT2D eigenvalue weighted by atomic mass is 10.1. The Bertz CT molecular complexity index is 1290. The second-order valence-electron chi connectivity index (χ2n) is 7.57. The van der Waals surface area contributed by atoms with Crippen molar-refractivity contribution >= 4 is 28.4 Å². The zero-order chi connectivity index (χ0) is 22.5. The Balaban J connectivity index is 1.37. The highest BCUT2D eigenvalue weighted by molar-refractivity contribution is 5.89. The van der Waals surface area contributed by atoms with E-state index in [4.69, 9.17) is 5.73 Å². The van der Waals surface area contributed by atoms with Crippen molar-refractivity contribution in [3.63, 3.8) is 0 Å². The molecule has 9 nitrogen and oxygen atoms in total. The molecule has 4 aromatic rings. The second-order valence-corrected chi connectivity index (χ2v) is 7.57. The van der Waals surface area contributed by atoms with Gasteiger partial charge in [-0.25, -0.2) is 4.98 Å². The molecule has 2 aromatic carbocycles. The number of hydrogen-bond acceptors (Lipinski definition) is 6. The Morgan fingerprint density at radius 2 is 1.97 bits per heavy atom. The third-order valence-corrected chi connectivity index (χ3v) is 5.25. The van der Waals surface area contributed by atoms with Gasteiger partial charge in [0.2, 0.25) is 5.91 Å². The smallest absolute Gasteiger partial charge is 0.293 e. The van der Waals surface area contributed by atoms with Crippen LogP contribution in [0.25, 0.3) is 10.9 Å². The number of carbonyl (C=O) groups is 1. The number of aromatic amines is 1. The first-order chi connectivity index (χ1) is 15.5. The summed E-state index contributed by atoms with van der Waals surface area (Å²) in [6.07, 6.45) is 2.36. The highest BCUT2D eigenvalue weighted by Gasteiger charge is 2.12. The van der Waals surface area contributed by atoms with Gasteiger partial charge in [-0.05, 0) is 36.6 Å². The van der Waals surface area contributed by atoms with Gasteiger partial charge in [-0.1, -0.05) is 36.4 Å². The Morgan fingerprint density at radius 1 is 1.16 bits per heavy atom. The third kappa shape index (κ3) is 4.77. The van der Waals surface area contributed by atoms with Gasteiger partial charge in [0, 0.05) is 30.4 Å². The summed E-state index contributed by atoms with van der Waals surface area (Å²) in [5, 5.41) is 13.6. The predicted octanol–water partition coefficient (Wildman–Crippen LogP) is 1.98. The number of carbonyl (C=O) groups excluding carboxylic acids is 1. The molecule has 2 heterocycles. The van der Waals surface area contributed by atoms with Gasteiger partial charge in [0.05, 0.1) is 5.52 Å². The first-order valence-electron chi connectivity index (χ1n) is 10.3. The molecule has 0 aliphatic carbocycles. The molecule has 0 bridgehead atoms. The van der Waals surface area contributed by atoms with Gasteiger partial charge in [-0.3, -0.25) is 19.3 Å². The van der Waals surface area contributed by atoms with Crippen LogP contribution in [-0.4, -0.2) is 32.2 Å². The summed E-state index contributed by atoms with van der Waals surface area (Å²) in [5.74, 6) is 0.416. The summed E-state index contributed by atoms with van der Waals surface area (Å²) in [4.78, 5) is 29.5. The van der Waals surface area contributed by atoms with Crippen molar-refractivity contribution in [2.75, 3.05) is 17.6 Å². The molecule has 0 atom stereocenters. The van der Waals surface area contributed by atoms with E-state index in [1.54, 1.807) is 13.1 Å². The van der Waals surface area contributed by atoms with E-state index in [0.29, 0.717) is 24.6 Å². The average Bonchev–Trinajstić information content (AvgIpc) is 3.17. The number of H-pyrrole nitrogens is 1. The number of fused-ring (bicyclic) bond motifs is 1. The van der Waals surface area contributed by atoms with E-state index in [0.717, 1.165) is 22.9 Å². The van der Waals surface area contributed by atoms with Crippen LogP contribution in [0.5, 0.6) is 0 Å². The maximum absolute atomic E-state index is 12.8. The number of benzene rings is 2. The van der Waals surface area contributed by atoms with Crippen LogP contribution in [0.3, 0.4) is 0 Å². The Kier molecular flexibility index (Phi) is 6.16. The van der Waals surface area contributed by atoms with Crippen molar-refractivity contribution in [1.29, 1.82) is 0 Å². The Labute approximate surface area is 184 Å². The fourth-order valence-electron chi connectivity index (χ4n) is 3.46. The van der Waals surface area contributed by atoms with E-state index in [-0.39, 0.29) is 23.8 Å². The summed E-state index contributed by atoms with van der Waals surface area (Å²) >= 11 is 0. The van der Waals surface area contributed by atoms with E-state index < -0.39 is 0 Å². The van der Waals surface area contributed by atoms with Crippen LogP contribution in [0.2, 0.25) is 0 Å². The zero-order valence-electron chi connectivity index (χ0n) is 17.8. The van der Waals surface area contributed by atoms with Gasteiger partial charge >= 0.3 is 0 Å². The number of aromatic nitrogens is 4. The van der Waals surface area contributed by atoms with Gasteiger partial charge < -0.3 is 16.4 Å². The lowest BCUT2D eigenvalue weighted by Crippen LogP contribution is -2.34. The molecule has 0 fully saturated rings. The minimum Gasteiger partial charge on any atom is -0.382 e. The molecule has 0 spiro atoms. The van der Waals surface area contributed by atoms with Crippen LogP contribution in [0, 0.1) is 6.92 Å².